The maximum atomic E-state index is 11.7. The summed E-state index contributed by atoms with van der Waals surface area (Å²) in [5.41, 5.74) is 0.500. The number of rotatable bonds is 5. The maximum Gasteiger partial charge on any atom is 0.328 e. The van der Waals surface area contributed by atoms with Gasteiger partial charge in [-0.1, -0.05) is 13.8 Å². The van der Waals surface area contributed by atoms with Crippen LogP contribution in [0.15, 0.2) is 18.3 Å². The van der Waals surface area contributed by atoms with Crippen molar-refractivity contribution in [2.24, 2.45) is 5.92 Å². The number of esters is 1. The highest BCUT2D eigenvalue weighted by atomic mass is 16.5. The molecule has 1 atom stereocenters. The van der Waals surface area contributed by atoms with Crippen molar-refractivity contribution >= 4 is 17.7 Å². The third-order valence-electron chi connectivity index (χ3n) is 2.84. The molecule has 0 radical (unpaired) electrons. The van der Waals surface area contributed by atoms with Gasteiger partial charge in [-0.05, 0) is 18.1 Å². The second-order valence-electron chi connectivity index (χ2n) is 5.02. The quantitative estimate of drug-likeness (QED) is 0.825. The average molecular weight is 279 g/mol. The molecule has 1 aromatic rings. The molecule has 1 aromatic heterocycles. The van der Waals surface area contributed by atoms with E-state index >= 15 is 0 Å². The number of hydrogen-bond acceptors (Lipinski definition) is 5. The molecule has 0 aromatic carbocycles. The first-order valence-electron chi connectivity index (χ1n) is 6.39. The fourth-order valence-corrected chi connectivity index (χ4v) is 1.65. The minimum atomic E-state index is -0.470. The van der Waals surface area contributed by atoms with Crippen molar-refractivity contribution in [2.75, 3.05) is 26.5 Å². The Morgan fingerprint density at radius 3 is 2.35 bits per heavy atom. The zero-order valence-electron chi connectivity index (χ0n) is 12.5. The first-order chi connectivity index (χ1) is 9.36. The van der Waals surface area contributed by atoms with Gasteiger partial charge in [0.2, 0.25) is 0 Å². The topological polar surface area (TPSA) is 71.5 Å². The summed E-state index contributed by atoms with van der Waals surface area (Å²) in [6.07, 6.45) is 1.49. The van der Waals surface area contributed by atoms with Crippen LogP contribution in [0, 0.1) is 5.92 Å². The van der Waals surface area contributed by atoms with Gasteiger partial charge < -0.3 is 15.0 Å². The third kappa shape index (κ3) is 3.94. The van der Waals surface area contributed by atoms with Gasteiger partial charge in [-0.25, -0.2) is 9.78 Å². The molecule has 110 valence electrons. The number of amides is 1. The number of ether oxygens (including phenoxy) is 1. The van der Waals surface area contributed by atoms with E-state index in [0.717, 1.165) is 0 Å². The van der Waals surface area contributed by atoms with Crippen LogP contribution in [0.3, 0.4) is 0 Å². The molecule has 1 unspecified atom stereocenters. The summed E-state index contributed by atoms with van der Waals surface area (Å²) in [6.45, 7) is 3.83. The predicted molar refractivity (Wildman–Crippen MR) is 76.5 cm³/mol. The van der Waals surface area contributed by atoms with E-state index in [2.05, 4.69) is 10.3 Å². The van der Waals surface area contributed by atoms with Crippen molar-refractivity contribution in [3.63, 3.8) is 0 Å². The van der Waals surface area contributed by atoms with E-state index in [0.29, 0.717) is 11.4 Å². The lowest BCUT2D eigenvalue weighted by Crippen LogP contribution is -2.35. The number of hydrogen-bond donors (Lipinski definition) is 1. The largest absolute Gasteiger partial charge is 0.467 e. The van der Waals surface area contributed by atoms with Gasteiger partial charge >= 0.3 is 5.97 Å². The average Bonchev–Trinajstić information content (AvgIpc) is 2.43. The van der Waals surface area contributed by atoms with Crippen LogP contribution in [0.1, 0.15) is 24.2 Å². The van der Waals surface area contributed by atoms with Crippen LogP contribution >= 0.6 is 0 Å². The van der Waals surface area contributed by atoms with E-state index in [1.807, 2.05) is 13.8 Å². The summed E-state index contributed by atoms with van der Waals surface area (Å²) in [5, 5.41) is 3.01. The number of aromatic nitrogens is 1. The monoisotopic (exact) mass is 279 g/mol. The highest BCUT2D eigenvalue weighted by molar-refractivity contribution is 5.93. The molecule has 20 heavy (non-hydrogen) atoms. The SMILES string of the molecule is COC(=O)C(Nc1ccc(C(=O)N(C)C)cn1)C(C)C. The van der Waals surface area contributed by atoms with Crippen LogP contribution in [-0.2, 0) is 9.53 Å². The molecule has 0 saturated heterocycles. The van der Waals surface area contributed by atoms with E-state index in [4.69, 9.17) is 4.74 Å². The number of methoxy groups -OCH3 is 1. The van der Waals surface area contributed by atoms with E-state index in [-0.39, 0.29) is 17.8 Å². The standard InChI is InChI=1S/C14H21N3O3/c1-9(2)12(14(19)20-5)16-11-7-6-10(8-15-11)13(18)17(3)4/h6-9,12H,1-5H3,(H,15,16). The minimum absolute atomic E-state index is 0.0623. The highest BCUT2D eigenvalue weighted by Gasteiger charge is 2.23. The van der Waals surface area contributed by atoms with Crippen molar-refractivity contribution in [3.05, 3.63) is 23.9 Å². The third-order valence-corrected chi connectivity index (χ3v) is 2.84. The van der Waals surface area contributed by atoms with Crippen molar-refractivity contribution in [1.82, 2.24) is 9.88 Å². The summed E-state index contributed by atoms with van der Waals surface area (Å²) >= 11 is 0. The zero-order valence-corrected chi connectivity index (χ0v) is 12.5. The number of carbonyl (C=O) groups is 2. The smallest absolute Gasteiger partial charge is 0.328 e. The van der Waals surface area contributed by atoms with Gasteiger partial charge in [0.15, 0.2) is 0 Å². The van der Waals surface area contributed by atoms with Crippen LogP contribution in [0.4, 0.5) is 5.82 Å². The summed E-state index contributed by atoms with van der Waals surface area (Å²) < 4.78 is 4.75. The summed E-state index contributed by atoms with van der Waals surface area (Å²) in [5.74, 6) is 0.143. The van der Waals surface area contributed by atoms with Crippen molar-refractivity contribution in [1.29, 1.82) is 0 Å². The molecule has 0 spiro atoms. The van der Waals surface area contributed by atoms with E-state index in [1.165, 1.54) is 18.2 Å². The Kier molecular flexibility index (Phi) is 5.49. The Morgan fingerprint density at radius 2 is 1.95 bits per heavy atom. The first kappa shape index (κ1) is 15.9. The second-order valence-corrected chi connectivity index (χ2v) is 5.02. The van der Waals surface area contributed by atoms with Crippen molar-refractivity contribution in [2.45, 2.75) is 19.9 Å². The van der Waals surface area contributed by atoms with Crippen LogP contribution in [0.2, 0.25) is 0 Å². The van der Waals surface area contributed by atoms with Crippen molar-refractivity contribution in [3.8, 4) is 0 Å². The number of nitrogens with one attached hydrogen (secondary N) is 1. The number of carbonyl (C=O) groups excluding carboxylic acids is 2. The Balaban J connectivity index is 2.83. The maximum absolute atomic E-state index is 11.7. The minimum Gasteiger partial charge on any atom is -0.467 e. The molecule has 1 rings (SSSR count). The zero-order chi connectivity index (χ0) is 15.3. The fourth-order valence-electron chi connectivity index (χ4n) is 1.65. The molecule has 0 bridgehead atoms. The molecule has 0 aliphatic rings. The molecule has 6 nitrogen and oxygen atoms in total. The molecule has 1 heterocycles. The summed E-state index contributed by atoms with van der Waals surface area (Å²) in [4.78, 5) is 29.0. The Morgan fingerprint density at radius 1 is 1.30 bits per heavy atom. The lowest BCUT2D eigenvalue weighted by Gasteiger charge is -2.20. The molecular formula is C14H21N3O3. The van der Waals surface area contributed by atoms with Gasteiger partial charge in [-0.3, -0.25) is 4.79 Å². The fraction of sp³-hybridized carbons (Fsp3) is 0.500. The van der Waals surface area contributed by atoms with Crippen LogP contribution in [-0.4, -0.2) is 49.0 Å². The lowest BCUT2D eigenvalue weighted by molar-refractivity contribution is -0.142. The van der Waals surface area contributed by atoms with Gasteiger partial charge in [0, 0.05) is 20.3 Å². The molecular weight excluding hydrogens is 258 g/mol. The summed E-state index contributed by atoms with van der Waals surface area (Å²) in [7, 11) is 4.72. The molecule has 0 aliphatic carbocycles. The molecule has 0 aliphatic heterocycles. The normalized spacial score (nSPS) is 11.9. The van der Waals surface area contributed by atoms with Gasteiger partial charge in [0.05, 0.1) is 12.7 Å². The first-order valence-corrected chi connectivity index (χ1v) is 6.39. The molecule has 1 N–H and O–H groups in total. The molecule has 0 saturated carbocycles. The Hall–Kier alpha value is -2.11. The Bertz CT molecular complexity index is 469. The van der Waals surface area contributed by atoms with Crippen LogP contribution < -0.4 is 5.32 Å². The molecule has 6 heteroatoms. The van der Waals surface area contributed by atoms with Gasteiger partial charge in [0.25, 0.3) is 5.91 Å². The predicted octanol–water partition coefficient (Wildman–Crippen LogP) is 1.39. The van der Waals surface area contributed by atoms with Gasteiger partial charge in [-0.15, -0.1) is 0 Å². The van der Waals surface area contributed by atoms with E-state index in [1.54, 1.807) is 26.2 Å². The van der Waals surface area contributed by atoms with Crippen LogP contribution in [0.25, 0.3) is 0 Å². The van der Waals surface area contributed by atoms with Gasteiger partial charge in [-0.2, -0.15) is 0 Å². The van der Waals surface area contributed by atoms with Crippen molar-refractivity contribution < 1.29 is 14.3 Å². The summed E-state index contributed by atoms with van der Waals surface area (Å²) in [6, 6.07) is 2.88. The number of anilines is 1. The van der Waals surface area contributed by atoms with Crippen LogP contribution in [0.5, 0.6) is 0 Å². The lowest BCUT2D eigenvalue weighted by atomic mass is 10.0. The Labute approximate surface area is 119 Å². The number of nitrogens with zero attached hydrogens (tertiary/aromatic N) is 2. The highest BCUT2D eigenvalue weighted by Crippen LogP contribution is 2.13. The number of pyridine rings is 1. The molecule has 0 fully saturated rings. The molecule has 1 amide bonds. The van der Waals surface area contributed by atoms with E-state index in [9.17, 15) is 9.59 Å². The van der Waals surface area contributed by atoms with E-state index < -0.39 is 6.04 Å². The second kappa shape index (κ2) is 6.88. The van der Waals surface area contributed by atoms with Gasteiger partial charge in [0.1, 0.15) is 11.9 Å².